The van der Waals surface area contributed by atoms with Gasteiger partial charge in [0.25, 0.3) is 5.91 Å². The molecule has 0 aliphatic heterocycles. The van der Waals surface area contributed by atoms with E-state index >= 15 is 0 Å². The highest BCUT2D eigenvalue weighted by Crippen LogP contribution is 2.21. The first-order chi connectivity index (χ1) is 13.6. The van der Waals surface area contributed by atoms with E-state index in [4.69, 9.17) is 0 Å². The lowest BCUT2D eigenvalue weighted by atomic mass is 10.1. The number of rotatable bonds is 5. The molecule has 0 bridgehead atoms. The highest BCUT2D eigenvalue weighted by molar-refractivity contribution is 5.93. The summed E-state index contributed by atoms with van der Waals surface area (Å²) >= 11 is 0. The van der Waals surface area contributed by atoms with Crippen LogP contribution in [0.25, 0.3) is 22.3 Å². The quantitative estimate of drug-likeness (QED) is 0.560. The summed E-state index contributed by atoms with van der Waals surface area (Å²) in [4.78, 5) is 19.6. The third kappa shape index (κ3) is 3.83. The van der Waals surface area contributed by atoms with Crippen molar-refractivity contribution in [2.24, 2.45) is 7.05 Å². The van der Waals surface area contributed by atoms with Crippen molar-refractivity contribution in [3.63, 3.8) is 0 Å². The number of halogens is 1. The van der Waals surface area contributed by atoms with E-state index in [-0.39, 0.29) is 11.7 Å². The Balaban J connectivity index is 1.43. The van der Waals surface area contributed by atoms with E-state index in [0.717, 1.165) is 27.8 Å². The Labute approximate surface area is 161 Å². The Morgan fingerprint density at radius 3 is 2.64 bits per heavy atom. The molecule has 0 fully saturated rings. The number of benzene rings is 1. The van der Waals surface area contributed by atoms with E-state index in [9.17, 15) is 9.18 Å². The predicted octanol–water partition coefficient (Wildman–Crippen LogP) is 3.55. The van der Waals surface area contributed by atoms with Crippen molar-refractivity contribution >= 4 is 5.91 Å². The lowest BCUT2D eigenvalue weighted by Crippen LogP contribution is -2.23. The topological polar surface area (TPSA) is 75.6 Å². The van der Waals surface area contributed by atoms with Gasteiger partial charge in [0.05, 0.1) is 6.20 Å². The number of hydrogen-bond acceptors (Lipinski definition) is 3. The van der Waals surface area contributed by atoms with Crippen LogP contribution in [-0.4, -0.2) is 25.7 Å². The monoisotopic (exact) mass is 375 g/mol. The van der Waals surface area contributed by atoms with Crippen LogP contribution in [0.3, 0.4) is 0 Å². The summed E-state index contributed by atoms with van der Waals surface area (Å²) in [6.07, 6.45) is 8.90. The predicted molar refractivity (Wildman–Crippen MR) is 104 cm³/mol. The van der Waals surface area contributed by atoms with Gasteiger partial charge < -0.3 is 10.3 Å². The van der Waals surface area contributed by atoms with Gasteiger partial charge in [-0.2, -0.15) is 5.10 Å². The van der Waals surface area contributed by atoms with Crippen LogP contribution in [0.4, 0.5) is 4.39 Å². The normalized spacial score (nSPS) is 10.8. The molecule has 4 aromatic rings. The Morgan fingerprint density at radius 1 is 1.07 bits per heavy atom. The second kappa shape index (κ2) is 7.48. The highest BCUT2D eigenvalue weighted by atomic mass is 19.1. The van der Waals surface area contributed by atoms with Crippen molar-refractivity contribution in [1.82, 2.24) is 25.1 Å². The van der Waals surface area contributed by atoms with E-state index in [1.165, 1.54) is 12.1 Å². The fourth-order valence-corrected chi connectivity index (χ4v) is 2.92. The number of pyridine rings is 1. The summed E-state index contributed by atoms with van der Waals surface area (Å²) in [5, 5.41) is 7.04. The zero-order chi connectivity index (χ0) is 19.5. The summed E-state index contributed by atoms with van der Waals surface area (Å²) in [6.45, 7) is 0.352. The van der Waals surface area contributed by atoms with Crippen molar-refractivity contribution in [1.29, 1.82) is 0 Å². The average molecular weight is 375 g/mol. The summed E-state index contributed by atoms with van der Waals surface area (Å²) in [6, 6.07) is 9.86. The van der Waals surface area contributed by atoms with E-state index in [2.05, 4.69) is 20.4 Å². The summed E-state index contributed by atoms with van der Waals surface area (Å²) in [5.41, 5.74) is 4.90. The maximum Gasteiger partial charge on any atom is 0.267 e. The van der Waals surface area contributed by atoms with Gasteiger partial charge in [-0.25, -0.2) is 4.39 Å². The van der Waals surface area contributed by atoms with Gasteiger partial charge in [-0.15, -0.1) is 0 Å². The van der Waals surface area contributed by atoms with Gasteiger partial charge >= 0.3 is 0 Å². The standard InChI is InChI=1S/C21H18FN5O/c1-27-13-18(12-26-27)16-6-14(8-23-10-16)9-25-21(28)20-7-17(11-24-20)15-2-4-19(22)5-3-15/h2-8,10-13,24H,9H2,1H3,(H,25,28). The minimum Gasteiger partial charge on any atom is -0.357 e. The SMILES string of the molecule is Cn1cc(-c2cncc(CNC(=O)c3cc(-c4ccc(F)cc4)c[nH]3)c2)cn1. The van der Waals surface area contributed by atoms with Crippen LogP contribution in [0.5, 0.6) is 0 Å². The highest BCUT2D eigenvalue weighted by Gasteiger charge is 2.10. The van der Waals surface area contributed by atoms with E-state index < -0.39 is 0 Å². The van der Waals surface area contributed by atoms with Crippen LogP contribution in [0.15, 0.2) is 67.4 Å². The van der Waals surface area contributed by atoms with Gasteiger partial charge in [0.1, 0.15) is 11.5 Å². The van der Waals surface area contributed by atoms with Gasteiger partial charge in [-0.3, -0.25) is 14.5 Å². The van der Waals surface area contributed by atoms with Crippen LogP contribution < -0.4 is 5.32 Å². The van der Waals surface area contributed by atoms with E-state index in [0.29, 0.717) is 12.2 Å². The molecule has 0 saturated heterocycles. The minimum atomic E-state index is -0.292. The molecule has 2 N–H and O–H groups in total. The van der Waals surface area contributed by atoms with Crippen LogP contribution in [-0.2, 0) is 13.6 Å². The van der Waals surface area contributed by atoms with Gasteiger partial charge in [0.15, 0.2) is 0 Å². The second-order valence-electron chi connectivity index (χ2n) is 6.48. The van der Waals surface area contributed by atoms with Crippen molar-refractivity contribution in [3.8, 4) is 22.3 Å². The Hall–Kier alpha value is -3.74. The number of H-pyrrole nitrogens is 1. The molecule has 0 aliphatic carbocycles. The van der Waals surface area contributed by atoms with Gasteiger partial charge in [0.2, 0.25) is 0 Å². The first-order valence-corrected chi connectivity index (χ1v) is 8.74. The number of aromatic amines is 1. The van der Waals surface area contributed by atoms with Crippen molar-refractivity contribution < 1.29 is 9.18 Å². The molecule has 0 radical (unpaired) electrons. The Morgan fingerprint density at radius 2 is 1.89 bits per heavy atom. The number of aromatic nitrogens is 4. The van der Waals surface area contributed by atoms with E-state index in [1.807, 2.05) is 19.3 Å². The van der Waals surface area contributed by atoms with Crippen molar-refractivity contribution in [2.45, 2.75) is 6.54 Å². The number of hydrogen-bond donors (Lipinski definition) is 2. The third-order valence-corrected chi connectivity index (χ3v) is 4.39. The van der Waals surface area contributed by atoms with Gasteiger partial charge in [0, 0.05) is 49.5 Å². The molecule has 28 heavy (non-hydrogen) atoms. The second-order valence-corrected chi connectivity index (χ2v) is 6.48. The summed E-state index contributed by atoms with van der Waals surface area (Å²) < 4.78 is 14.8. The molecule has 3 aromatic heterocycles. The maximum atomic E-state index is 13.1. The minimum absolute atomic E-state index is 0.222. The van der Waals surface area contributed by atoms with Crippen LogP contribution in [0.2, 0.25) is 0 Å². The van der Waals surface area contributed by atoms with E-state index in [1.54, 1.807) is 47.7 Å². The molecule has 1 amide bonds. The lowest BCUT2D eigenvalue weighted by molar-refractivity contribution is 0.0946. The Kier molecular flexibility index (Phi) is 4.72. The molecule has 0 unspecified atom stereocenters. The number of aryl methyl sites for hydroxylation is 1. The molecule has 3 heterocycles. The first kappa shape index (κ1) is 17.7. The average Bonchev–Trinajstić information content (AvgIpc) is 3.36. The first-order valence-electron chi connectivity index (χ1n) is 8.74. The zero-order valence-electron chi connectivity index (χ0n) is 15.2. The lowest BCUT2D eigenvalue weighted by Gasteiger charge is -2.05. The van der Waals surface area contributed by atoms with Crippen LogP contribution >= 0.6 is 0 Å². The molecule has 6 nitrogen and oxygen atoms in total. The number of carbonyl (C=O) groups is 1. The molecule has 0 saturated carbocycles. The van der Waals surface area contributed by atoms with Crippen LogP contribution in [0.1, 0.15) is 16.1 Å². The van der Waals surface area contributed by atoms with Gasteiger partial charge in [-0.1, -0.05) is 12.1 Å². The van der Waals surface area contributed by atoms with Crippen LogP contribution in [0, 0.1) is 5.82 Å². The van der Waals surface area contributed by atoms with Gasteiger partial charge in [-0.05, 0) is 41.0 Å². The zero-order valence-corrected chi connectivity index (χ0v) is 15.2. The molecule has 0 atom stereocenters. The Bertz CT molecular complexity index is 1110. The number of nitrogens with one attached hydrogen (secondary N) is 2. The molecular formula is C21H18FN5O. The van der Waals surface area contributed by atoms with Crippen molar-refractivity contribution in [3.05, 3.63) is 84.5 Å². The number of amides is 1. The molecule has 7 heteroatoms. The third-order valence-electron chi connectivity index (χ3n) is 4.39. The molecular weight excluding hydrogens is 357 g/mol. The molecule has 140 valence electrons. The molecule has 4 rings (SSSR count). The fraction of sp³-hybridized carbons (Fsp3) is 0.0952. The molecule has 0 aliphatic rings. The number of nitrogens with zero attached hydrogens (tertiary/aromatic N) is 3. The molecule has 1 aromatic carbocycles. The van der Waals surface area contributed by atoms with Crippen molar-refractivity contribution in [2.75, 3.05) is 0 Å². The largest absolute Gasteiger partial charge is 0.357 e. The fourth-order valence-electron chi connectivity index (χ4n) is 2.92. The molecule has 0 spiro atoms. The summed E-state index contributed by atoms with van der Waals surface area (Å²) in [7, 11) is 1.86. The maximum absolute atomic E-state index is 13.1. The smallest absolute Gasteiger partial charge is 0.267 e. The summed E-state index contributed by atoms with van der Waals surface area (Å²) in [5.74, 6) is -0.514. The number of carbonyl (C=O) groups excluding carboxylic acids is 1.